The highest BCUT2D eigenvalue weighted by atomic mass is 15.2. The fourth-order valence-corrected chi connectivity index (χ4v) is 23.1. The first-order valence-corrected chi connectivity index (χ1v) is 47.4. The molecular weight excluding hydrogens is 1700 g/mol. The van der Waals surface area contributed by atoms with E-state index in [-0.39, 0.29) is 29.7 Å². The van der Waals surface area contributed by atoms with Crippen LogP contribution < -0.4 is 24.5 Å². The molecule has 0 unspecified atom stereocenters. The second kappa shape index (κ2) is 36.6. The molecule has 23 aromatic carbocycles. The van der Waals surface area contributed by atoms with E-state index in [4.69, 9.17) is 0 Å². The van der Waals surface area contributed by atoms with Crippen LogP contribution in [0.3, 0.4) is 0 Å². The predicted molar refractivity (Wildman–Crippen MR) is 601 cm³/mol. The quantitative estimate of drug-likeness (QED) is 0.108. The summed E-state index contributed by atoms with van der Waals surface area (Å²) in [7, 11) is 0. The van der Waals surface area contributed by atoms with Crippen molar-refractivity contribution in [3.05, 3.63) is 584 Å². The Morgan fingerprint density at radius 2 is 0.362 bits per heavy atom. The van der Waals surface area contributed by atoms with Gasteiger partial charge in [0, 0.05) is 61.7 Å². The van der Waals surface area contributed by atoms with E-state index in [1.165, 1.54) is 155 Å². The van der Waals surface area contributed by atoms with E-state index in [1.54, 1.807) is 0 Å². The van der Waals surface area contributed by atoms with Crippen LogP contribution in [0.4, 0.5) is 85.3 Å². The second-order valence-electron chi connectivity index (χ2n) is 36.0. The summed E-state index contributed by atoms with van der Waals surface area (Å²) in [6.07, 6.45) is 0. The van der Waals surface area contributed by atoms with E-state index >= 15 is 0 Å². The first kappa shape index (κ1) is 88.4. The normalized spacial score (nSPS) is 12.5. The van der Waals surface area contributed by atoms with E-state index in [2.05, 4.69) is 564 Å². The van der Waals surface area contributed by atoms with Crippen molar-refractivity contribution in [3.8, 4) is 55.6 Å². The van der Waals surface area contributed by atoms with E-state index in [9.17, 15) is 0 Å². The molecule has 0 aromatic heterocycles. The van der Waals surface area contributed by atoms with Gasteiger partial charge in [0.05, 0.1) is 50.6 Å². The van der Waals surface area contributed by atoms with E-state index in [0.717, 1.165) is 73.9 Å². The number of para-hydroxylation sites is 9. The molecule has 4 aliphatic rings. The monoisotopic (exact) mass is 1810 g/mol. The van der Waals surface area contributed by atoms with Crippen LogP contribution in [0.1, 0.15) is 74.2 Å². The molecule has 5 nitrogen and oxygen atoms in total. The van der Waals surface area contributed by atoms with E-state index < -0.39 is 10.8 Å². The maximum absolute atomic E-state index is 2.56. The second-order valence-corrected chi connectivity index (χ2v) is 36.0. The molecule has 0 radical (unpaired) electrons. The Morgan fingerprint density at radius 1 is 0.149 bits per heavy atom. The third-order valence-electron chi connectivity index (χ3n) is 28.8. The summed E-state index contributed by atoms with van der Waals surface area (Å²) < 4.78 is 0. The van der Waals surface area contributed by atoms with Crippen LogP contribution in [0.5, 0.6) is 0 Å². The Bertz CT molecular complexity index is 8240. The molecule has 23 aromatic rings. The van der Waals surface area contributed by atoms with E-state index in [0.29, 0.717) is 0 Å². The molecule has 0 N–H and O–H groups in total. The molecule has 2 spiro atoms. The Labute approximate surface area is 827 Å². The third-order valence-corrected chi connectivity index (χ3v) is 28.8. The first-order chi connectivity index (χ1) is 68.0. The lowest BCUT2D eigenvalue weighted by Gasteiger charge is -2.45. The van der Waals surface area contributed by atoms with Crippen LogP contribution in [0.2, 0.25) is 0 Å². The smallest absolute Gasteiger partial charge is 0.0756 e. The van der Waals surface area contributed by atoms with Crippen molar-refractivity contribution in [1.29, 1.82) is 0 Å². The highest BCUT2D eigenvalue weighted by molar-refractivity contribution is 6.21. The SMILES string of the molecule is C.C.C.C.c1ccc(-c2ccc(N(c3ccccc3)c3cc4c(c5ccccc35)-c3c(cc(N(c5ccccc5)c5ccc(-c6ccccc6)cc5)c5ccccc35)C43c4ccccc4N(c4ccccc4)c4ccccc43)cc2)cc1.c1ccc(-c2ccc(N(c3ccccc3)c3cc4c(c5ccccc35)-c3c(ccc5ccccc35)C43c4ccccc4N(c4ccccc4)c4ccccc43)cc2)cc1. The van der Waals surface area contributed by atoms with E-state index in [1.807, 2.05) is 0 Å². The Kier molecular flexibility index (Phi) is 23.0. The molecule has 141 heavy (non-hydrogen) atoms. The number of hydrogen-bond donors (Lipinski definition) is 0. The van der Waals surface area contributed by atoms with Crippen molar-refractivity contribution < 1.29 is 0 Å². The fraction of sp³-hybridized carbons (Fsp3) is 0.0441. The summed E-state index contributed by atoms with van der Waals surface area (Å²) in [6, 6.07) is 199. The van der Waals surface area contributed by atoms with Gasteiger partial charge >= 0.3 is 0 Å². The molecule has 0 fully saturated rings. The molecule has 0 saturated heterocycles. The van der Waals surface area contributed by atoms with Gasteiger partial charge in [-0.25, -0.2) is 0 Å². The molecule has 0 bridgehead atoms. The number of hydrogen-bond acceptors (Lipinski definition) is 5. The highest BCUT2D eigenvalue weighted by Crippen LogP contribution is 2.70. The van der Waals surface area contributed by atoms with Crippen LogP contribution in [-0.2, 0) is 10.8 Å². The van der Waals surface area contributed by atoms with Crippen molar-refractivity contribution in [3.63, 3.8) is 0 Å². The van der Waals surface area contributed by atoms with Crippen LogP contribution in [0.15, 0.2) is 540 Å². The van der Waals surface area contributed by atoms with Gasteiger partial charge in [-0.15, -0.1) is 0 Å². The number of benzene rings is 23. The minimum atomic E-state index is -0.806. The zero-order chi connectivity index (χ0) is 90.5. The zero-order valence-corrected chi connectivity index (χ0v) is 75.1. The van der Waals surface area contributed by atoms with Crippen LogP contribution in [0, 0.1) is 0 Å². The molecule has 674 valence electrons. The van der Waals surface area contributed by atoms with Gasteiger partial charge < -0.3 is 24.5 Å². The zero-order valence-electron chi connectivity index (χ0n) is 75.1. The molecule has 2 aliphatic heterocycles. The van der Waals surface area contributed by atoms with Crippen molar-refractivity contribution in [2.75, 3.05) is 24.5 Å². The van der Waals surface area contributed by atoms with Gasteiger partial charge in [0.15, 0.2) is 0 Å². The van der Waals surface area contributed by atoms with Gasteiger partial charge in [0.25, 0.3) is 0 Å². The largest absolute Gasteiger partial charge is 0.310 e. The molecule has 2 aliphatic carbocycles. The van der Waals surface area contributed by atoms with Crippen LogP contribution >= 0.6 is 0 Å². The minimum Gasteiger partial charge on any atom is -0.310 e. The number of rotatable bonds is 14. The lowest BCUT2D eigenvalue weighted by molar-refractivity contribution is 0.753. The summed E-state index contributed by atoms with van der Waals surface area (Å²) in [5.41, 5.74) is 37.9. The Balaban J connectivity index is 0.000000163. The molecule has 2 heterocycles. The summed E-state index contributed by atoms with van der Waals surface area (Å²) in [6.45, 7) is 0. The third kappa shape index (κ3) is 14.1. The fourth-order valence-electron chi connectivity index (χ4n) is 23.1. The Morgan fingerprint density at radius 3 is 0.660 bits per heavy atom. The van der Waals surface area contributed by atoms with Crippen molar-refractivity contribution in [2.24, 2.45) is 0 Å². The number of nitrogens with zero attached hydrogens (tertiary/aromatic N) is 5. The summed E-state index contributed by atoms with van der Waals surface area (Å²) in [5, 5.41) is 9.75. The predicted octanol–water partition coefficient (Wildman–Crippen LogP) is 38.2. The highest BCUT2D eigenvalue weighted by Gasteiger charge is 2.56. The molecule has 0 amide bonds. The number of fused-ring (bicyclic) bond motifs is 26. The van der Waals surface area contributed by atoms with Gasteiger partial charge in [0.2, 0.25) is 0 Å². The molecular formula is C136H105N5. The average molecular weight is 1810 g/mol. The molecule has 5 heteroatoms. The van der Waals surface area contributed by atoms with Gasteiger partial charge in [-0.2, -0.15) is 0 Å². The standard InChI is InChI=1S/C75H51N3.C57H38N2.4CH4/c1-6-24-52(25-7-1)54-42-46-59(47-43-54)76(56-28-10-3-11-29-56)71-50-67-73(63-36-18-16-34-61(63)71)74-64-37-19-17-35-62(64)72(77(57-30-12-4-13-31-57)60-48-44-55(45-49-60)53-26-8-2-9-27-53)51-68(74)75(67)65-38-20-22-40-69(65)78(58-32-14-5-15-33-58)70-41-23-21-39-66(70)75;1-4-18-39(19-5-1)40-32-35-44(36-33-40)58(42-21-6-2-7-22-42)54-38-51-56(47-27-13-12-26-46(47)54)55-45-25-11-10-20-41(45)34-37-50(55)57(51)48-28-14-16-30-52(48)59(43-23-8-3-9-24-43)53-31-17-15-29-49(53)57;;;;/h1-51H;1-38H;4*1H4. The van der Waals surface area contributed by atoms with Gasteiger partial charge in [-0.05, 0) is 267 Å². The van der Waals surface area contributed by atoms with Crippen molar-refractivity contribution in [1.82, 2.24) is 0 Å². The lowest BCUT2D eigenvalue weighted by Crippen LogP contribution is -2.36. The first-order valence-electron chi connectivity index (χ1n) is 47.4. The maximum atomic E-state index is 2.56. The van der Waals surface area contributed by atoms with Crippen LogP contribution in [0.25, 0.3) is 98.7 Å². The average Bonchev–Trinajstić information content (AvgIpc) is 1.50. The Hall–Kier alpha value is -17.9. The summed E-state index contributed by atoms with van der Waals surface area (Å²) in [5.74, 6) is 0. The minimum absolute atomic E-state index is 0. The van der Waals surface area contributed by atoms with Crippen molar-refractivity contribution in [2.45, 2.75) is 40.5 Å². The maximum Gasteiger partial charge on any atom is 0.0756 e. The summed E-state index contributed by atoms with van der Waals surface area (Å²) in [4.78, 5) is 12.4. The number of anilines is 15. The molecule has 0 saturated carbocycles. The van der Waals surface area contributed by atoms with Crippen molar-refractivity contribution >= 4 is 128 Å². The molecule has 27 rings (SSSR count). The van der Waals surface area contributed by atoms with Crippen LogP contribution in [-0.4, -0.2) is 0 Å². The van der Waals surface area contributed by atoms with Gasteiger partial charge in [-0.3, -0.25) is 0 Å². The van der Waals surface area contributed by atoms with Gasteiger partial charge in [-0.1, -0.05) is 430 Å². The molecule has 0 atom stereocenters. The van der Waals surface area contributed by atoms with Gasteiger partial charge in [0.1, 0.15) is 0 Å². The topological polar surface area (TPSA) is 16.2 Å². The summed E-state index contributed by atoms with van der Waals surface area (Å²) >= 11 is 0. The lowest BCUT2D eigenvalue weighted by atomic mass is 9.64.